The predicted octanol–water partition coefficient (Wildman–Crippen LogP) is 13.9. The van der Waals surface area contributed by atoms with E-state index in [4.69, 9.17) is 32.5 Å². The van der Waals surface area contributed by atoms with Crippen molar-refractivity contribution in [2.75, 3.05) is 13.2 Å². The minimum Gasteiger partial charge on any atom is -0.494 e. The fourth-order valence-electron chi connectivity index (χ4n) is 6.71. The highest BCUT2D eigenvalue weighted by atomic mass is 16.6. The van der Waals surface area contributed by atoms with Crippen LogP contribution in [-0.2, 0) is 0 Å². The molecule has 0 aliphatic heterocycles. The van der Waals surface area contributed by atoms with Gasteiger partial charge in [0.05, 0.1) is 39.6 Å². The zero-order valence-electron chi connectivity index (χ0n) is 40.7. The van der Waals surface area contributed by atoms with Gasteiger partial charge >= 0.3 is 23.9 Å². The summed E-state index contributed by atoms with van der Waals surface area (Å²) in [6.45, 7) is 8.70. The maximum atomic E-state index is 13.1. The van der Waals surface area contributed by atoms with Crippen molar-refractivity contribution in [3.63, 3.8) is 0 Å². The summed E-state index contributed by atoms with van der Waals surface area (Å²) in [4.78, 5) is 51.9. The summed E-state index contributed by atoms with van der Waals surface area (Å²) in [6, 6.07) is 23.7. The number of esters is 4. The molecule has 0 radical (unpaired) electrons. The molecule has 0 unspecified atom stereocenters. The highest BCUT2D eigenvalue weighted by Gasteiger charge is 2.15. The second-order valence-corrected chi connectivity index (χ2v) is 15.7. The quantitative estimate of drug-likeness (QED) is 0.0190. The lowest BCUT2D eigenvalue weighted by Gasteiger charge is -2.09. The molecule has 5 rings (SSSR count). The summed E-state index contributed by atoms with van der Waals surface area (Å²) in [5.74, 6) is -2.56. The Labute approximate surface area is 393 Å². The minimum atomic E-state index is -0.948. The molecule has 0 aromatic heterocycles. The van der Waals surface area contributed by atoms with Gasteiger partial charge in [-0.15, -0.1) is 13.2 Å². The molecule has 5 aromatic rings. The van der Waals surface area contributed by atoms with Crippen molar-refractivity contribution in [2.45, 2.75) is 103 Å². The summed E-state index contributed by atoms with van der Waals surface area (Å²) in [6.07, 6.45) is 22.4. The van der Waals surface area contributed by atoms with E-state index in [1.165, 1.54) is 113 Å². The molecule has 0 aliphatic carbocycles. The maximum Gasteiger partial charge on any atom is 0.343 e. The first-order valence-corrected chi connectivity index (χ1v) is 22.9. The lowest BCUT2D eigenvalue weighted by molar-refractivity contribution is 0.0723. The second-order valence-electron chi connectivity index (χ2n) is 15.7. The van der Waals surface area contributed by atoms with Gasteiger partial charge in [-0.05, 0) is 148 Å². The number of carbonyl (C=O) groups is 4. The van der Waals surface area contributed by atoms with Crippen LogP contribution < -0.4 is 28.4 Å². The van der Waals surface area contributed by atoms with Crippen LogP contribution in [0.15, 0.2) is 147 Å². The molecule has 0 bridgehead atoms. The number of hydrogen-bond acceptors (Lipinski definition) is 10. The van der Waals surface area contributed by atoms with E-state index >= 15 is 0 Å². The van der Waals surface area contributed by atoms with Gasteiger partial charge in [-0.25, -0.2) is 19.2 Å². The second kappa shape index (κ2) is 28.8. The SMILES string of the molecule is [2H]c1cc([2H])c(OC(=O)c2ccc(OC(=O)c3ccc(OCCCCCCCCCC=C)cc3)cc2)c([2H])c1OC(=O)c1ccc(OC(=O)c2ccc(OCCCCCCCCCC=C)cc2)cc1. The number of unbranched alkanes of at least 4 members (excludes halogenated alkanes) is 14. The molecule has 0 fully saturated rings. The van der Waals surface area contributed by atoms with Crippen molar-refractivity contribution >= 4 is 23.9 Å². The summed E-state index contributed by atoms with van der Waals surface area (Å²) in [5, 5.41) is 0. The predicted molar refractivity (Wildman–Crippen MR) is 257 cm³/mol. The van der Waals surface area contributed by atoms with Gasteiger partial charge in [0.25, 0.3) is 0 Å². The number of hydrogen-bond donors (Lipinski definition) is 0. The van der Waals surface area contributed by atoms with Crippen molar-refractivity contribution in [1.82, 2.24) is 0 Å². The highest BCUT2D eigenvalue weighted by molar-refractivity contribution is 5.94. The van der Waals surface area contributed by atoms with Gasteiger partial charge in [0.1, 0.15) is 34.5 Å². The number of allylic oxidation sites excluding steroid dienone is 2. The zero-order valence-corrected chi connectivity index (χ0v) is 37.7. The molecule has 0 saturated heterocycles. The third-order valence-electron chi connectivity index (χ3n) is 10.4. The first-order chi connectivity index (χ1) is 33.6. The Morgan fingerprint density at radius 2 is 0.652 bits per heavy atom. The average Bonchev–Trinajstić information content (AvgIpc) is 3.36. The van der Waals surface area contributed by atoms with Crippen LogP contribution in [0.3, 0.4) is 0 Å². The van der Waals surface area contributed by atoms with E-state index in [1.807, 2.05) is 12.2 Å². The van der Waals surface area contributed by atoms with E-state index < -0.39 is 53.5 Å². The van der Waals surface area contributed by atoms with Crippen molar-refractivity contribution in [1.29, 1.82) is 0 Å². The smallest absolute Gasteiger partial charge is 0.343 e. The fraction of sp³-hybridized carbons (Fsp3) is 0.321. The molecule has 0 amide bonds. The largest absolute Gasteiger partial charge is 0.494 e. The zero-order chi connectivity index (χ0) is 49.2. The summed E-state index contributed by atoms with van der Waals surface area (Å²) >= 11 is 0. The molecule has 10 nitrogen and oxygen atoms in total. The average molecular weight is 898 g/mol. The van der Waals surface area contributed by atoms with E-state index in [-0.39, 0.29) is 22.6 Å². The van der Waals surface area contributed by atoms with Gasteiger partial charge in [0.2, 0.25) is 0 Å². The van der Waals surface area contributed by atoms with Crippen LogP contribution in [0.4, 0.5) is 0 Å². The minimum absolute atomic E-state index is 0.0108. The molecule has 0 saturated carbocycles. The van der Waals surface area contributed by atoms with Crippen LogP contribution in [0.5, 0.6) is 34.5 Å². The molecule has 346 valence electrons. The van der Waals surface area contributed by atoms with Crippen LogP contribution in [0.25, 0.3) is 0 Å². The molecule has 66 heavy (non-hydrogen) atoms. The van der Waals surface area contributed by atoms with E-state index in [9.17, 15) is 19.2 Å². The van der Waals surface area contributed by atoms with E-state index in [2.05, 4.69) is 13.2 Å². The number of ether oxygens (including phenoxy) is 6. The van der Waals surface area contributed by atoms with Crippen LogP contribution in [0, 0.1) is 0 Å². The Bertz CT molecular complexity index is 2270. The Balaban J connectivity index is 1.05. The van der Waals surface area contributed by atoms with Crippen LogP contribution in [-0.4, -0.2) is 37.1 Å². The normalized spacial score (nSPS) is 11.3. The molecule has 10 heteroatoms. The first kappa shape index (κ1) is 45.6. The summed E-state index contributed by atoms with van der Waals surface area (Å²) in [7, 11) is 0. The van der Waals surface area contributed by atoms with E-state index in [0.29, 0.717) is 35.8 Å². The van der Waals surface area contributed by atoms with Crippen molar-refractivity contribution < 1.29 is 51.7 Å². The molecule has 0 N–H and O–H groups in total. The third-order valence-corrected chi connectivity index (χ3v) is 10.4. The lowest BCUT2D eigenvalue weighted by Crippen LogP contribution is -2.11. The number of carbonyl (C=O) groups excluding carboxylic acids is 4. The standard InChI is InChI=1S/C56H62O10/c1-3-5-7-9-11-13-15-17-19-40-61-47-32-24-43(25-33-47)53(57)63-49-36-28-45(29-37-49)55(59)65-51-22-21-23-52(42-51)66-56(60)46-30-38-50(39-31-46)64-54(58)44-26-34-48(35-27-44)62-41-20-18-16-14-12-10-8-6-4-2/h3-4,21-39,42H,1-2,5-20,40-41H2/i22D,23D,42D. The van der Waals surface area contributed by atoms with Crippen molar-refractivity contribution in [3.05, 3.63) is 169 Å². The molecule has 0 aliphatic rings. The Morgan fingerprint density at radius 3 is 0.970 bits per heavy atom. The van der Waals surface area contributed by atoms with Crippen LogP contribution >= 0.6 is 0 Å². The Hall–Kier alpha value is -6.94. The Kier molecular flexibility index (Phi) is 19.9. The van der Waals surface area contributed by atoms with Gasteiger partial charge < -0.3 is 28.4 Å². The summed E-state index contributed by atoms with van der Waals surface area (Å²) < 4.78 is 58.6. The van der Waals surface area contributed by atoms with Crippen LogP contribution in [0.1, 0.15) is 148 Å². The maximum absolute atomic E-state index is 13.1. The molecule has 5 aromatic carbocycles. The van der Waals surface area contributed by atoms with Gasteiger partial charge in [0, 0.05) is 6.04 Å². The van der Waals surface area contributed by atoms with Gasteiger partial charge in [-0.1, -0.05) is 82.4 Å². The molecular weight excluding hydrogens is 833 g/mol. The van der Waals surface area contributed by atoms with Gasteiger partial charge in [-0.2, -0.15) is 0 Å². The molecule has 0 atom stereocenters. The third kappa shape index (κ3) is 18.3. The lowest BCUT2D eigenvalue weighted by atomic mass is 10.1. The first-order valence-electron chi connectivity index (χ1n) is 24.4. The number of benzene rings is 5. The fourth-order valence-corrected chi connectivity index (χ4v) is 6.71. The topological polar surface area (TPSA) is 124 Å². The van der Waals surface area contributed by atoms with E-state index in [0.717, 1.165) is 44.6 Å². The molecule has 0 heterocycles. The van der Waals surface area contributed by atoms with Gasteiger partial charge in [0.15, 0.2) is 0 Å². The van der Waals surface area contributed by atoms with Crippen molar-refractivity contribution in [3.8, 4) is 34.5 Å². The molecular formula is C56H62O10. The van der Waals surface area contributed by atoms with E-state index in [1.54, 1.807) is 48.5 Å². The monoisotopic (exact) mass is 897 g/mol. The number of rotatable bonds is 30. The molecule has 0 spiro atoms. The van der Waals surface area contributed by atoms with Crippen LogP contribution in [0.2, 0.25) is 0 Å². The highest BCUT2D eigenvalue weighted by Crippen LogP contribution is 2.24. The Morgan fingerprint density at radius 1 is 0.379 bits per heavy atom. The van der Waals surface area contributed by atoms with Crippen molar-refractivity contribution in [2.24, 2.45) is 0 Å². The summed E-state index contributed by atoms with van der Waals surface area (Å²) in [5.41, 5.74) is 0.636. The van der Waals surface area contributed by atoms with Gasteiger partial charge in [-0.3, -0.25) is 0 Å².